The summed E-state index contributed by atoms with van der Waals surface area (Å²) in [4.78, 5) is 14.2. The Hall–Kier alpha value is -1.53. The van der Waals surface area contributed by atoms with Gasteiger partial charge in [0.25, 0.3) is 0 Å². The summed E-state index contributed by atoms with van der Waals surface area (Å²) in [5.74, 6) is 3.51. The molecule has 29 heavy (non-hydrogen) atoms. The van der Waals surface area contributed by atoms with Crippen molar-refractivity contribution in [2.45, 2.75) is 97.7 Å². The molecule has 0 radical (unpaired) electrons. The second-order valence-electron chi connectivity index (χ2n) is 9.23. The molecule has 0 aromatic heterocycles. The van der Waals surface area contributed by atoms with Crippen molar-refractivity contribution in [1.82, 2.24) is 0 Å². The zero-order chi connectivity index (χ0) is 22.0. The molecule has 0 aliphatic carbocycles. The molecule has 0 aliphatic rings. The molecular weight excluding hydrogens is 370 g/mol. The number of hydrogen-bond acceptors (Lipinski definition) is 2. The Morgan fingerprint density at radius 3 is 1.86 bits per heavy atom. The van der Waals surface area contributed by atoms with E-state index in [0.29, 0.717) is 22.2 Å². The lowest BCUT2D eigenvalue weighted by Crippen LogP contribution is -2.43. The van der Waals surface area contributed by atoms with Gasteiger partial charge >= 0.3 is 0 Å². The molecule has 1 rings (SSSR count). The van der Waals surface area contributed by atoms with Crippen molar-refractivity contribution >= 4 is 20.0 Å². The van der Waals surface area contributed by atoms with Crippen LogP contribution < -0.4 is 4.90 Å². The highest BCUT2D eigenvalue weighted by molar-refractivity contribution is 6.90. The normalized spacial score (nSPS) is 11.7. The van der Waals surface area contributed by atoms with Crippen molar-refractivity contribution in [2.24, 2.45) is 0 Å². The molecule has 0 N–H and O–H groups in total. The molecule has 1 aromatic carbocycles. The van der Waals surface area contributed by atoms with Crippen LogP contribution in [0.15, 0.2) is 18.2 Å². The fraction of sp³-hybridized carbons (Fsp3) is 0.654. The van der Waals surface area contributed by atoms with E-state index in [9.17, 15) is 4.79 Å². The van der Waals surface area contributed by atoms with Gasteiger partial charge in [0.1, 0.15) is 8.07 Å². The van der Waals surface area contributed by atoms with Gasteiger partial charge in [0.15, 0.2) is 6.29 Å². The highest BCUT2D eigenvalue weighted by Crippen LogP contribution is 2.40. The number of unbranched alkanes of at least 4 members (excludes halogenated alkanes) is 2. The molecular formula is C26H43NOSi. The third-order valence-corrected chi connectivity index (χ3v) is 12.7. The van der Waals surface area contributed by atoms with E-state index in [2.05, 4.69) is 83.9 Å². The number of aldehydes is 1. The summed E-state index contributed by atoms with van der Waals surface area (Å²) in [6.45, 7) is 20.6. The predicted octanol–water partition coefficient (Wildman–Crippen LogP) is 7.48. The Morgan fingerprint density at radius 2 is 1.45 bits per heavy atom. The first kappa shape index (κ1) is 25.5. The SMILES string of the molecule is CCCCN(CCCC)c1ccc(C=O)c(C#C[Si](C(C)C)(C(C)C)C(C)C)c1. The maximum absolute atomic E-state index is 11.7. The molecule has 0 unspecified atom stereocenters. The van der Waals surface area contributed by atoms with Gasteiger partial charge in [-0.25, -0.2) is 0 Å². The summed E-state index contributed by atoms with van der Waals surface area (Å²) in [5, 5.41) is 0. The van der Waals surface area contributed by atoms with Crippen LogP contribution in [0, 0.1) is 11.5 Å². The van der Waals surface area contributed by atoms with E-state index in [0.717, 1.165) is 24.9 Å². The van der Waals surface area contributed by atoms with E-state index in [1.807, 2.05) is 6.07 Å². The van der Waals surface area contributed by atoms with Crippen LogP contribution in [-0.2, 0) is 0 Å². The summed E-state index contributed by atoms with van der Waals surface area (Å²) < 4.78 is 0. The highest BCUT2D eigenvalue weighted by atomic mass is 28.3. The van der Waals surface area contributed by atoms with E-state index in [1.54, 1.807) is 0 Å². The molecule has 2 nitrogen and oxygen atoms in total. The maximum atomic E-state index is 11.7. The third kappa shape index (κ3) is 6.47. The van der Waals surface area contributed by atoms with Gasteiger partial charge < -0.3 is 4.90 Å². The predicted molar refractivity (Wildman–Crippen MR) is 132 cm³/mol. The summed E-state index contributed by atoms with van der Waals surface area (Å²) in [7, 11) is -1.82. The number of rotatable bonds is 11. The minimum Gasteiger partial charge on any atom is -0.372 e. The Morgan fingerprint density at radius 1 is 0.931 bits per heavy atom. The lowest BCUT2D eigenvalue weighted by atomic mass is 10.1. The molecule has 162 valence electrons. The second-order valence-corrected chi connectivity index (χ2v) is 14.8. The highest BCUT2D eigenvalue weighted by Gasteiger charge is 2.41. The van der Waals surface area contributed by atoms with Gasteiger partial charge in [-0.15, -0.1) is 5.54 Å². The van der Waals surface area contributed by atoms with Crippen molar-refractivity contribution in [1.29, 1.82) is 0 Å². The second kappa shape index (κ2) is 12.2. The topological polar surface area (TPSA) is 20.3 Å². The van der Waals surface area contributed by atoms with Gasteiger partial charge in [0.2, 0.25) is 0 Å². The fourth-order valence-electron chi connectivity index (χ4n) is 4.63. The van der Waals surface area contributed by atoms with Crippen LogP contribution in [-0.4, -0.2) is 27.4 Å². The van der Waals surface area contributed by atoms with Gasteiger partial charge in [-0.2, -0.15) is 0 Å². The van der Waals surface area contributed by atoms with Gasteiger partial charge in [-0.1, -0.05) is 74.2 Å². The molecule has 0 amide bonds. The van der Waals surface area contributed by atoms with Gasteiger partial charge in [-0.3, -0.25) is 4.79 Å². The zero-order valence-corrected chi connectivity index (χ0v) is 21.1. The number of nitrogens with zero attached hydrogens (tertiary/aromatic N) is 1. The minimum absolute atomic E-state index is 0.587. The number of hydrogen-bond donors (Lipinski definition) is 0. The molecule has 1 aromatic rings. The number of anilines is 1. The summed E-state index contributed by atoms with van der Waals surface area (Å²) in [5.41, 5.74) is 8.36. The Kier molecular flexibility index (Phi) is 10.8. The molecule has 0 bridgehead atoms. The Balaban J connectivity index is 3.43. The summed E-state index contributed by atoms with van der Waals surface area (Å²) in [6, 6.07) is 6.21. The van der Waals surface area contributed by atoms with Crippen LogP contribution >= 0.6 is 0 Å². The van der Waals surface area contributed by atoms with E-state index in [4.69, 9.17) is 0 Å². The maximum Gasteiger partial charge on any atom is 0.151 e. The first-order chi connectivity index (χ1) is 13.7. The fourth-order valence-corrected chi connectivity index (χ4v) is 9.85. The summed E-state index contributed by atoms with van der Waals surface area (Å²) >= 11 is 0. The Bertz CT molecular complexity index is 667. The van der Waals surface area contributed by atoms with Crippen LogP contribution in [0.3, 0.4) is 0 Å². The average Bonchev–Trinajstić information content (AvgIpc) is 2.67. The molecule has 0 aliphatic heterocycles. The van der Waals surface area contributed by atoms with Gasteiger partial charge in [0.05, 0.1) is 0 Å². The van der Waals surface area contributed by atoms with Crippen molar-refractivity contribution in [3.8, 4) is 11.5 Å². The van der Waals surface area contributed by atoms with Crippen LogP contribution in [0.5, 0.6) is 0 Å². The first-order valence-electron chi connectivity index (χ1n) is 11.6. The van der Waals surface area contributed by atoms with Crippen molar-refractivity contribution in [3.05, 3.63) is 29.3 Å². The largest absolute Gasteiger partial charge is 0.372 e. The van der Waals surface area contributed by atoms with Gasteiger partial charge in [0, 0.05) is 29.9 Å². The molecule has 0 saturated carbocycles. The standard InChI is InChI=1S/C26H43NOSi/c1-9-11-16-27(17-12-10-2)26-14-13-25(20-28)24(19-26)15-18-29(21(3)4,22(5)6)23(7)8/h13-14,19-23H,9-12,16-17H2,1-8H3. The van der Waals surface area contributed by atoms with Crippen molar-refractivity contribution < 1.29 is 4.79 Å². The lowest BCUT2D eigenvalue weighted by molar-refractivity contribution is 0.112. The molecule has 0 fully saturated rings. The van der Waals surface area contributed by atoms with Gasteiger partial charge in [-0.05, 0) is 47.7 Å². The van der Waals surface area contributed by atoms with Crippen molar-refractivity contribution in [3.63, 3.8) is 0 Å². The van der Waals surface area contributed by atoms with E-state index >= 15 is 0 Å². The minimum atomic E-state index is -1.82. The molecule has 0 spiro atoms. The molecule has 0 heterocycles. The van der Waals surface area contributed by atoms with E-state index in [1.165, 1.54) is 31.4 Å². The first-order valence-corrected chi connectivity index (χ1v) is 13.8. The van der Waals surface area contributed by atoms with E-state index < -0.39 is 8.07 Å². The Labute approximate surface area is 181 Å². The van der Waals surface area contributed by atoms with Crippen LogP contribution in [0.25, 0.3) is 0 Å². The number of benzene rings is 1. The monoisotopic (exact) mass is 413 g/mol. The molecule has 0 saturated heterocycles. The van der Waals surface area contributed by atoms with Crippen molar-refractivity contribution in [2.75, 3.05) is 18.0 Å². The quantitative estimate of drug-likeness (QED) is 0.213. The van der Waals surface area contributed by atoms with Crippen LogP contribution in [0.4, 0.5) is 5.69 Å². The zero-order valence-electron chi connectivity index (χ0n) is 20.1. The molecule has 3 heteroatoms. The number of carbonyl (C=O) groups excluding carboxylic acids is 1. The number of carbonyl (C=O) groups is 1. The van der Waals surface area contributed by atoms with E-state index in [-0.39, 0.29) is 0 Å². The average molecular weight is 414 g/mol. The van der Waals surface area contributed by atoms with Crippen LogP contribution in [0.1, 0.15) is 97.0 Å². The summed E-state index contributed by atoms with van der Waals surface area (Å²) in [6.07, 6.45) is 5.70. The van der Waals surface area contributed by atoms with Crippen LogP contribution in [0.2, 0.25) is 16.6 Å². The third-order valence-electron chi connectivity index (χ3n) is 6.37. The smallest absolute Gasteiger partial charge is 0.151 e. The lowest BCUT2D eigenvalue weighted by Gasteiger charge is -2.38. The molecule has 0 atom stereocenters.